The Morgan fingerprint density at radius 2 is 1.56 bits per heavy atom. The number of sulfone groups is 1. The fourth-order valence-corrected chi connectivity index (χ4v) is 2.80. The second-order valence-electron chi connectivity index (χ2n) is 3.30. The van der Waals surface area contributed by atoms with Crippen LogP contribution in [0.3, 0.4) is 0 Å². The number of aliphatic hydroxyl groups excluding tert-OH is 1. The molecule has 0 saturated carbocycles. The molecule has 1 heterocycles. The molecule has 1 fully saturated rings. The number of sulfonamides is 1. The summed E-state index contributed by atoms with van der Waals surface area (Å²) in [6.07, 6.45) is 2.85. The van der Waals surface area contributed by atoms with Crippen LogP contribution in [-0.4, -0.2) is 45.8 Å². The predicted octanol–water partition coefficient (Wildman–Crippen LogP) is -0.512. The van der Waals surface area contributed by atoms with Gasteiger partial charge in [-0.05, 0) is 12.8 Å². The van der Waals surface area contributed by atoms with Crippen LogP contribution in [0.5, 0.6) is 0 Å². The third-order valence-electron chi connectivity index (χ3n) is 1.79. The van der Waals surface area contributed by atoms with Crippen LogP contribution in [0.15, 0.2) is 0 Å². The summed E-state index contributed by atoms with van der Waals surface area (Å²) in [7, 11) is -6.01. The van der Waals surface area contributed by atoms with Gasteiger partial charge in [-0.3, -0.25) is 0 Å². The molecule has 1 saturated heterocycles. The van der Waals surface area contributed by atoms with Gasteiger partial charge < -0.3 is 5.11 Å². The molecule has 0 aliphatic carbocycles. The van der Waals surface area contributed by atoms with Crippen molar-refractivity contribution in [3.05, 3.63) is 0 Å². The van der Waals surface area contributed by atoms with Crippen LogP contribution in [0.2, 0.25) is 0 Å². The average molecular weight is 275 g/mol. The molecular weight excluding hydrogens is 254 g/mol. The Morgan fingerprint density at radius 1 is 1.12 bits per heavy atom. The first-order chi connectivity index (χ1) is 6.77. The normalized spacial score (nSPS) is 18.9. The number of rotatable bonds is 2. The second-order valence-corrected chi connectivity index (χ2v) is 7.34. The molecular formula is C8H21NO5S2. The van der Waals surface area contributed by atoms with Crippen LogP contribution in [0.1, 0.15) is 26.7 Å². The topological polar surface area (TPSA) is 115 Å². The lowest BCUT2D eigenvalue weighted by Crippen LogP contribution is -2.18. The average Bonchev–Trinajstić information content (AvgIpc) is 2.02. The Kier molecular flexibility index (Phi) is 9.09. The van der Waals surface area contributed by atoms with Gasteiger partial charge >= 0.3 is 0 Å². The second kappa shape index (κ2) is 7.99. The van der Waals surface area contributed by atoms with Crippen molar-refractivity contribution < 1.29 is 21.9 Å². The Labute approximate surface area is 97.8 Å². The van der Waals surface area contributed by atoms with E-state index in [1.165, 1.54) is 0 Å². The van der Waals surface area contributed by atoms with E-state index in [9.17, 15) is 16.8 Å². The molecule has 0 aromatic carbocycles. The monoisotopic (exact) mass is 275 g/mol. The number of nitrogens with two attached hydrogens (primary N) is 1. The van der Waals surface area contributed by atoms with Crippen LogP contribution in [-0.2, 0) is 19.9 Å². The van der Waals surface area contributed by atoms with Gasteiger partial charge in [0.2, 0.25) is 10.0 Å². The van der Waals surface area contributed by atoms with Crippen molar-refractivity contribution in [3.8, 4) is 0 Å². The van der Waals surface area contributed by atoms with Crippen molar-refractivity contribution in [3.63, 3.8) is 0 Å². The van der Waals surface area contributed by atoms with E-state index in [1.54, 1.807) is 0 Å². The molecule has 16 heavy (non-hydrogen) atoms. The highest BCUT2D eigenvalue weighted by atomic mass is 32.2. The van der Waals surface area contributed by atoms with E-state index in [2.05, 4.69) is 5.14 Å². The smallest absolute Gasteiger partial charge is 0.211 e. The molecule has 0 amide bonds. The standard InChI is InChI=1S/C5H10O2S.C2H7NO3S.CH4/c6-8(7)4-2-1-3-5-8;3-7(5,6)2-1-4;/h1-5H2;4H,1-2H2,(H2,3,5,6);1H4. The molecule has 0 spiro atoms. The summed E-state index contributed by atoms with van der Waals surface area (Å²) in [4.78, 5) is 0. The Hall–Kier alpha value is -0.180. The fraction of sp³-hybridized carbons (Fsp3) is 1.00. The summed E-state index contributed by atoms with van der Waals surface area (Å²) in [6, 6.07) is 0. The zero-order chi connectivity index (χ0) is 11.9. The van der Waals surface area contributed by atoms with Gasteiger partial charge in [-0.2, -0.15) is 0 Å². The Morgan fingerprint density at radius 3 is 1.69 bits per heavy atom. The van der Waals surface area contributed by atoms with Crippen molar-refractivity contribution in [2.75, 3.05) is 23.9 Å². The number of hydrogen-bond donors (Lipinski definition) is 2. The summed E-state index contributed by atoms with van der Waals surface area (Å²) >= 11 is 0. The minimum Gasteiger partial charge on any atom is -0.395 e. The van der Waals surface area contributed by atoms with Gasteiger partial charge in [-0.25, -0.2) is 22.0 Å². The summed E-state index contributed by atoms with van der Waals surface area (Å²) in [5.41, 5.74) is 0. The first-order valence-corrected chi connectivity index (χ1v) is 8.12. The molecule has 3 N–H and O–H groups in total. The molecule has 0 bridgehead atoms. The maximum absolute atomic E-state index is 10.7. The predicted molar refractivity (Wildman–Crippen MR) is 64.3 cm³/mol. The first-order valence-electron chi connectivity index (χ1n) is 4.58. The Balaban J connectivity index is 0. The number of primary sulfonamides is 1. The summed E-state index contributed by atoms with van der Waals surface area (Å²) in [5, 5.41) is 12.4. The maximum Gasteiger partial charge on any atom is 0.211 e. The number of hydrogen-bond acceptors (Lipinski definition) is 5. The van der Waals surface area contributed by atoms with Gasteiger partial charge in [-0.15, -0.1) is 0 Å². The molecule has 0 radical (unpaired) electrons. The van der Waals surface area contributed by atoms with Crippen molar-refractivity contribution >= 4 is 19.9 Å². The van der Waals surface area contributed by atoms with Crippen LogP contribution < -0.4 is 5.14 Å². The van der Waals surface area contributed by atoms with E-state index >= 15 is 0 Å². The minimum atomic E-state index is -3.42. The lowest BCUT2D eigenvalue weighted by molar-refractivity contribution is 0.319. The molecule has 100 valence electrons. The quantitative estimate of drug-likeness (QED) is 0.704. The van der Waals surface area contributed by atoms with E-state index in [-0.39, 0.29) is 13.2 Å². The summed E-state index contributed by atoms with van der Waals surface area (Å²) < 4.78 is 41.0. The van der Waals surface area contributed by atoms with E-state index < -0.39 is 26.5 Å². The van der Waals surface area contributed by atoms with Gasteiger partial charge in [0.15, 0.2) is 0 Å². The first kappa shape index (κ1) is 18.2. The van der Waals surface area contributed by atoms with Gasteiger partial charge in [0.05, 0.1) is 23.9 Å². The molecule has 1 rings (SSSR count). The highest BCUT2D eigenvalue weighted by Crippen LogP contribution is 2.09. The summed E-state index contributed by atoms with van der Waals surface area (Å²) in [6.45, 7) is -0.404. The van der Waals surface area contributed by atoms with E-state index in [1.807, 2.05) is 0 Å². The molecule has 1 aliphatic heterocycles. The van der Waals surface area contributed by atoms with Gasteiger partial charge in [0, 0.05) is 0 Å². The third kappa shape index (κ3) is 11.9. The van der Waals surface area contributed by atoms with Crippen molar-refractivity contribution in [2.24, 2.45) is 5.14 Å². The van der Waals surface area contributed by atoms with Gasteiger partial charge in [-0.1, -0.05) is 13.8 Å². The SMILES string of the molecule is C.NS(=O)(=O)CCO.O=S1(=O)CCCCC1. The van der Waals surface area contributed by atoms with E-state index in [4.69, 9.17) is 5.11 Å². The van der Waals surface area contributed by atoms with Crippen molar-refractivity contribution in [2.45, 2.75) is 26.7 Å². The van der Waals surface area contributed by atoms with Crippen molar-refractivity contribution in [1.82, 2.24) is 0 Å². The van der Waals surface area contributed by atoms with E-state index in [0.29, 0.717) is 11.5 Å². The molecule has 0 aromatic heterocycles. The molecule has 1 aliphatic rings. The molecule has 6 nitrogen and oxygen atoms in total. The molecule has 8 heteroatoms. The van der Waals surface area contributed by atoms with E-state index in [0.717, 1.165) is 19.3 Å². The van der Waals surface area contributed by atoms with Crippen LogP contribution in [0, 0.1) is 0 Å². The zero-order valence-corrected chi connectivity index (χ0v) is 10.1. The Bertz CT molecular complexity index is 348. The third-order valence-corrected chi connectivity index (χ3v) is 4.36. The minimum absolute atomic E-state index is 0. The fourth-order valence-electron chi connectivity index (χ4n) is 1.05. The van der Waals surface area contributed by atoms with Gasteiger partial charge in [0.1, 0.15) is 9.84 Å². The number of aliphatic hydroxyl groups is 1. The largest absolute Gasteiger partial charge is 0.395 e. The van der Waals surface area contributed by atoms with Crippen LogP contribution in [0.25, 0.3) is 0 Å². The highest BCUT2D eigenvalue weighted by molar-refractivity contribution is 7.91. The summed E-state index contributed by atoms with van der Waals surface area (Å²) in [5.74, 6) is 0.493. The van der Waals surface area contributed by atoms with Crippen LogP contribution >= 0.6 is 0 Å². The van der Waals surface area contributed by atoms with Crippen LogP contribution in [0.4, 0.5) is 0 Å². The van der Waals surface area contributed by atoms with Gasteiger partial charge in [0.25, 0.3) is 0 Å². The molecule has 0 aromatic rings. The van der Waals surface area contributed by atoms with Crippen molar-refractivity contribution in [1.29, 1.82) is 0 Å². The lowest BCUT2D eigenvalue weighted by Gasteiger charge is -2.08. The molecule has 0 atom stereocenters. The zero-order valence-electron chi connectivity index (χ0n) is 8.42. The lowest BCUT2D eigenvalue weighted by atomic mass is 10.3. The maximum atomic E-state index is 10.7. The highest BCUT2D eigenvalue weighted by Gasteiger charge is 2.14. The molecule has 0 unspecified atom stereocenters.